The summed E-state index contributed by atoms with van der Waals surface area (Å²) in [4.78, 5) is 2.42. The fraction of sp³-hybridized carbons (Fsp3) is 0.625. The molecule has 1 aromatic rings. The van der Waals surface area contributed by atoms with Crippen LogP contribution in [0.2, 0.25) is 0 Å². The first-order valence-corrected chi connectivity index (χ1v) is 7.57. The number of hydrogen-bond donors (Lipinski definition) is 3. The van der Waals surface area contributed by atoms with Crippen LogP contribution >= 0.6 is 0 Å². The number of benzene rings is 1. The minimum atomic E-state index is 0.129. The number of hydrogen-bond acceptors (Lipinski definition) is 4. The van der Waals surface area contributed by atoms with Gasteiger partial charge in [0.25, 0.3) is 0 Å². The third-order valence-electron chi connectivity index (χ3n) is 4.31. The van der Waals surface area contributed by atoms with Gasteiger partial charge in [-0.3, -0.25) is 4.90 Å². The quantitative estimate of drug-likeness (QED) is 0.774. The average molecular weight is 278 g/mol. The van der Waals surface area contributed by atoms with Crippen LogP contribution in [0, 0.1) is 5.92 Å². The Morgan fingerprint density at radius 1 is 1.20 bits per heavy atom. The largest absolute Gasteiger partial charge is 0.508 e. The Balaban J connectivity index is 2.05. The lowest BCUT2D eigenvalue weighted by atomic mass is 9.96. The Kier molecular flexibility index (Phi) is 5.26. The van der Waals surface area contributed by atoms with Gasteiger partial charge >= 0.3 is 0 Å². The van der Waals surface area contributed by atoms with E-state index >= 15 is 0 Å². The molecule has 1 fully saturated rings. The molecule has 0 amide bonds. The molecule has 4 nitrogen and oxygen atoms in total. The summed E-state index contributed by atoms with van der Waals surface area (Å²) < 4.78 is 0. The summed E-state index contributed by atoms with van der Waals surface area (Å²) in [7, 11) is 0. The number of aromatic hydroxyl groups is 2. The van der Waals surface area contributed by atoms with Crippen LogP contribution in [-0.2, 0) is 0 Å². The van der Waals surface area contributed by atoms with Gasteiger partial charge in [0.2, 0.25) is 0 Å². The van der Waals surface area contributed by atoms with Crippen LogP contribution in [0.3, 0.4) is 0 Å². The highest BCUT2D eigenvalue weighted by Crippen LogP contribution is 2.29. The van der Waals surface area contributed by atoms with Crippen molar-refractivity contribution in [2.75, 3.05) is 26.2 Å². The third-order valence-corrected chi connectivity index (χ3v) is 4.31. The Bertz CT molecular complexity index is 410. The molecule has 0 saturated carbocycles. The summed E-state index contributed by atoms with van der Waals surface area (Å²) >= 11 is 0. The normalized spacial score (nSPS) is 18.4. The lowest BCUT2D eigenvalue weighted by molar-refractivity contribution is 0.168. The van der Waals surface area contributed by atoms with E-state index in [0.29, 0.717) is 0 Å². The molecule has 1 aromatic carbocycles. The van der Waals surface area contributed by atoms with E-state index in [9.17, 15) is 10.2 Å². The molecule has 1 unspecified atom stereocenters. The Morgan fingerprint density at radius 3 is 2.35 bits per heavy atom. The van der Waals surface area contributed by atoms with Crippen molar-refractivity contribution in [2.24, 2.45) is 5.92 Å². The highest BCUT2D eigenvalue weighted by atomic mass is 16.3. The van der Waals surface area contributed by atoms with Crippen molar-refractivity contribution in [1.82, 2.24) is 10.2 Å². The van der Waals surface area contributed by atoms with Crippen LogP contribution in [0.4, 0.5) is 0 Å². The van der Waals surface area contributed by atoms with Crippen LogP contribution in [-0.4, -0.2) is 41.3 Å². The van der Waals surface area contributed by atoms with E-state index < -0.39 is 0 Å². The monoisotopic (exact) mass is 278 g/mol. The van der Waals surface area contributed by atoms with Crippen molar-refractivity contribution in [1.29, 1.82) is 0 Å². The zero-order valence-electron chi connectivity index (χ0n) is 12.5. The molecule has 0 spiro atoms. The lowest BCUT2D eigenvalue weighted by Gasteiger charge is -2.33. The summed E-state index contributed by atoms with van der Waals surface area (Å²) in [5.41, 5.74) is 0.971. The van der Waals surface area contributed by atoms with Gasteiger partial charge in [0, 0.05) is 18.7 Å². The van der Waals surface area contributed by atoms with E-state index in [4.69, 9.17) is 0 Å². The first-order valence-electron chi connectivity index (χ1n) is 7.57. The molecule has 0 aromatic heterocycles. The highest BCUT2D eigenvalue weighted by Gasteiger charge is 2.21. The van der Waals surface area contributed by atoms with Gasteiger partial charge in [-0.15, -0.1) is 0 Å². The molecule has 0 aliphatic carbocycles. The van der Waals surface area contributed by atoms with Crippen molar-refractivity contribution in [2.45, 2.75) is 32.7 Å². The maximum absolute atomic E-state index is 9.63. The average Bonchev–Trinajstić information content (AvgIpc) is 2.44. The minimum Gasteiger partial charge on any atom is -0.508 e. The maximum Gasteiger partial charge on any atom is 0.119 e. The molecule has 4 heteroatoms. The van der Waals surface area contributed by atoms with Gasteiger partial charge in [-0.25, -0.2) is 0 Å². The fourth-order valence-electron chi connectivity index (χ4n) is 3.03. The smallest absolute Gasteiger partial charge is 0.119 e. The van der Waals surface area contributed by atoms with Gasteiger partial charge in [-0.1, -0.05) is 6.92 Å². The van der Waals surface area contributed by atoms with Crippen molar-refractivity contribution in [3.63, 3.8) is 0 Å². The third kappa shape index (κ3) is 3.87. The zero-order chi connectivity index (χ0) is 14.5. The summed E-state index contributed by atoms with van der Waals surface area (Å²) in [5, 5.41) is 22.7. The van der Waals surface area contributed by atoms with Gasteiger partial charge in [0.1, 0.15) is 11.5 Å². The van der Waals surface area contributed by atoms with E-state index in [-0.39, 0.29) is 17.5 Å². The van der Waals surface area contributed by atoms with Crippen molar-refractivity contribution in [3.05, 3.63) is 23.8 Å². The second-order valence-corrected chi connectivity index (χ2v) is 5.74. The molecular weight excluding hydrogens is 252 g/mol. The SMILES string of the molecule is CCN(CC1CCNCC1)C(C)c1cc(O)cc(O)c1. The Morgan fingerprint density at radius 2 is 1.80 bits per heavy atom. The predicted molar refractivity (Wildman–Crippen MR) is 81.0 cm³/mol. The molecule has 0 radical (unpaired) electrons. The van der Waals surface area contributed by atoms with E-state index in [0.717, 1.165) is 37.7 Å². The standard InChI is InChI=1S/C16H26N2O2/c1-3-18(11-13-4-6-17-7-5-13)12(2)14-8-15(19)10-16(20)9-14/h8-10,12-13,17,19-20H,3-7,11H2,1-2H3. The molecular formula is C16H26N2O2. The summed E-state index contributed by atoms with van der Waals surface area (Å²) in [6, 6.07) is 5.07. The zero-order valence-corrected chi connectivity index (χ0v) is 12.5. The van der Waals surface area contributed by atoms with Crippen LogP contribution in [0.25, 0.3) is 0 Å². The number of piperidine rings is 1. The molecule has 1 saturated heterocycles. The molecule has 1 atom stereocenters. The molecule has 0 bridgehead atoms. The fourth-order valence-corrected chi connectivity index (χ4v) is 3.03. The first-order chi connectivity index (χ1) is 9.60. The van der Waals surface area contributed by atoms with Crippen molar-refractivity contribution >= 4 is 0 Å². The molecule has 20 heavy (non-hydrogen) atoms. The summed E-state index contributed by atoms with van der Waals surface area (Å²) in [6.07, 6.45) is 2.46. The van der Waals surface area contributed by atoms with E-state index in [1.54, 1.807) is 12.1 Å². The van der Waals surface area contributed by atoms with Crippen molar-refractivity contribution in [3.8, 4) is 11.5 Å². The van der Waals surface area contributed by atoms with Crippen molar-refractivity contribution < 1.29 is 10.2 Å². The van der Waals surface area contributed by atoms with Gasteiger partial charge in [-0.2, -0.15) is 0 Å². The molecule has 2 rings (SSSR count). The molecule has 112 valence electrons. The lowest BCUT2D eigenvalue weighted by Crippen LogP contribution is -2.37. The molecule has 1 aliphatic heterocycles. The van der Waals surface area contributed by atoms with Crippen LogP contribution < -0.4 is 5.32 Å². The minimum absolute atomic E-state index is 0.129. The Labute approximate surface area is 121 Å². The topological polar surface area (TPSA) is 55.7 Å². The van der Waals surface area contributed by atoms with E-state index in [1.807, 2.05) is 0 Å². The van der Waals surface area contributed by atoms with Gasteiger partial charge in [-0.05, 0) is 63.0 Å². The van der Waals surface area contributed by atoms with Gasteiger partial charge < -0.3 is 15.5 Å². The van der Waals surface area contributed by atoms with Crippen LogP contribution in [0.5, 0.6) is 11.5 Å². The van der Waals surface area contributed by atoms with Gasteiger partial charge in [0.15, 0.2) is 0 Å². The first kappa shape index (κ1) is 15.1. The maximum atomic E-state index is 9.63. The highest BCUT2D eigenvalue weighted by molar-refractivity contribution is 5.38. The predicted octanol–water partition coefficient (Wildman–Crippen LogP) is 2.48. The summed E-state index contributed by atoms with van der Waals surface area (Å²) in [6.45, 7) is 8.59. The second-order valence-electron chi connectivity index (χ2n) is 5.74. The summed E-state index contributed by atoms with van der Waals surface area (Å²) in [5.74, 6) is 0.999. The second kappa shape index (κ2) is 6.95. The van der Waals surface area contributed by atoms with Gasteiger partial charge in [0.05, 0.1) is 0 Å². The molecule has 3 N–H and O–H groups in total. The number of nitrogens with one attached hydrogen (secondary N) is 1. The molecule has 1 heterocycles. The molecule has 1 aliphatic rings. The number of phenols is 2. The number of rotatable bonds is 5. The Hall–Kier alpha value is -1.26. The number of nitrogens with zero attached hydrogens (tertiary/aromatic N) is 1. The number of phenolic OH excluding ortho intramolecular Hbond substituents is 2. The van der Waals surface area contributed by atoms with Crippen LogP contribution in [0.1, 0.15) is 38.3 Å². The van der Waals surface area contributed by atoms with Crippen LogP contribution in [0.15, 0.2) is 18.2 Å². The van der Waals surface area contributed by atoms with E-state index in [2.05, 4.69) is 24.1 Å². The van der Waals surface area contributed by atoms with E-state index in [1.165, 1.54) is 18.9 Å².